The Morgan fingerprint density at radius 1 is 1.11 bits per heavy atom. The van der Waals surface area contributed by atoms with Crippen molar-refractivity contribution < 1.29 is 9.47 Å². The van der Waals surface area contributed by atoms with Gasteiger partial charge in [0.2, 0.25) is 0 Å². The van der Waals surface area contributed by atoms with Crippen LogP contribution in [0.15, 0.2) is 18.2 Å². The van der Waals surface area contributed by atoms with Crippen LogP contribution in [0.2, 0.25) is 0 Å². The Morgan fingerprint density at radius 2 is 1.89 bits per heavy atom. The summed E-state index contributed by atoms with van der Waals surface area (Å²) in [7, 11) is 3.34. The van der Waals surface area contributed by atoms with Gasteiger partial charge in [-0.15, -0.1) is 0 Å². The average Bonchev–Trinajstić information content (AvgIpc) is 2.42. The van der Waals surface area contributed by atoms with Gasteiger partial charge in [0.1, 0.15) is 11.5 Å². The molecule has 0 radical (unpaired) electrons. The largest absolute Gasteiger partial charge is 0.497 e. The van der Waals surface area contributed by atoms with Gasteiger partial charge in [-0.25, -0.2) is 0 Å². The Labute approximate surface area is 110 Å². The van der Waals surface area contributed by atoms with E-state index in [9.17, 15) is 0 Å². The molecular formula is C15H25NO2. The smallest absolute Gasteiger partial charge is 0.123 e. The van der Waals surface area contributed by atoms with Crippen LogP contribution in [0.1, 0.15) is 50.6 Å². The van der Waals surface area contributed by atoms with Gasteiger partial charge in [0.25, 0.3) is 0 Å². The van der Waals surface area contributed by atoms with E-state index in [0.29, 0.717) is 0 Å². The maximum atomic E-state index is 6.24. The predicted molar refractivity (Wildman–Crippen MR) is 75.2 cm³/mol. The summed E-state index contributed by atoms with van der Waals surface area (Å²) in [6.07, 6.45) is 5.93. The van der Waals surface area contributed by atoms with E-state index in [1.54, 1.807) is 14.2 Å². The SMILES string of the molecule is CCCCCCC(N)c1cc(OC)ccc1OC. The van der Waals surface area contributed by atoms with Crippen molar-refractivity contribution in [2.45, 2.75) is 45.1 Å². The van der Waals surface area contributed by atoms with E-state index in [0.717, 1.165) is 29.9 Å². The van der Waals surface area contributed by atoms with E-state index in [1.807, 2.05) is 18.2 Å². The van der Waals surface area contributed by atoms with Crippen LogP contribution in [0.25, 0.3) is 0 Å². The molecule has 3 heteroatoms. The molecule has 3 nitrogen and oxygen atoms in total. The van der Waals surface area contributed by atoms with Gasteiger partial charge in [0.15, 0.2) is 0 Å². The first-order valence-corrected chi connectivity index (χ1v) is 6.70. The monoisotopic (exact) mass is 251 g/mol. The van der Waals surface area contributed by atoms with Crippen molar-refractivity contribution in [2.75, 3.05) is 14.2 Å². The van der Waals surface area contributed by atoms with Gasteiger partial charge < -0.3 is 15.2 Å². The van der Waals surface area contributed by atoms with Crippen LogP contribution < -0.4 is 15.2 Å². The summed E-state index contributed by atoms with van der Waals surface area (Å²) in [5.74, 6) is 1.67. The fourth-order valence-electron chi connectivity index (χ4n) is 2.08. The molecule has 2 N–H and O–H groups in total. The summed E-state index contributed by atoms with van der Waals surface area (Å²) >= 11 is 0. The third kappa shape index (κ3) is 4.22. The fraction of sp³-hybridized carbons (Fsp3) is 0.600. The minimum atomic E-state index is 0.0203. The highest BCUT2D eigenvalue weighted by atomic mass is 16.5. The van der Waals surface area contributed by atoms with Crippen molar-refractivity contribution in [3.63, 3.8) is 0 Å². The second kappa shape index (κ2) is 7.98. The summed E-state index contributed by atoms with van der Waals surface area (Å²) in [5.41, 5.74) is 7.28. The topological polar surface area (TPSA) is 44.5 Å². The van der Waals surface area contributed by atoms with Crippen molar-refractivity contribution in [1.29, 1.82) is 0 Å². The van der Waals surface area contributed by atoms with Crippen LogP contribution in [-0.2, 0) is 0 Å². The van der Waals surface area contributed by atoms with Crippen molar-refractivity contribution in [2.24, 2.45) is 5.73 Å². The van der Waals surface area contributed by atoms with Crippen LogP contribution in [0.3, 0.4) is 0 Å². The Hall–Kier alpha value is -1.22. The predicted octanol–water partition coefficient (Wildman–Crippen LogP) is 3.67. The Morgan fingerprint density at radius 3 is 2.50 bits per heavy atom. The molecule has 0 saturated heterocycles. The molecule has 1 rings (SSSR count). The standard InChI is InChI=1S/C15H25NO2/c1-4-5-6-7-8-14(16)13-11-12(17-2)9-10-15(13)18-3/h9-11,14H,4-8,16H2,1-3H3. The van der Waals surface area contributed by atoms with Gasteiger partial charge >= 0.3 is 0 Å². The Balaban J connectivity index is 2.66. The zero-order valence-electron chi connectivity index (χ0n) is 11.7. The number of hydrogen-bond acceptors (Lipinski definition) is 3. The second-order valence-electron chi connectivity index (χ2n) is 4.56. The lowest BCUT2D eigenvalue weighted by atomic mass is 9.99. The number of ether oxygens (including phenoxy) is 2. The molecule has 0 aliphatic carbocycles. The Kier molecular flexibility index (Phi) is 6.58. The maximum Gasteiger partial charge on any atom is 0.123 e. The van der Waals surface area contributed by atoms with Crippen molar-refractivity contribution >= 4 is 0 Å². The molecule has 1 unspecified atom stereocenters. The minimum Gasteiger partial charge on any atom is -0.497 e. The molecule has 18 heavy (non-hydrogen) atoms. The maximum absolute atomic E-state index is 6.24. The first-order chi connectivity index (χ1) is 8.72. The molecule has 1 aromatic carbocycles. The highest BCUT2D eigenvalue weighted by Crippen LogP contribution is 2.30. The minimum absolute atomic E-state index is 0.0203. The van der Waals surface area contributed by atoms with Crippen molar-refractivity contribution in [3.05, 3.63) is 23.8 Å². The first kappa shape index (κ1) is 14.8. The van der Waals surface area contributed by atoms with Crippen LogP contribution in [0.4, 0.5) is 0 Å². The zero-order valence-corrected chi connectivity index (χ0v) is 11.7. The molecule has 1 aromatic rings. The van der Waals surface area contributed by atoms with Crippen molar-refractivity contribution in [1.82, 2.24) is 0 Å². The van der Waals surface area contributed by atoms with Gasteiger partial charge in [0.05, 0.1) is 14.2 Å². The van der Waals surface area contributed by atoms with Gasteiger partial charge in [0, 0.05) is 11.6 Å². The van der Waals surface area contributed by atoms with E-state index in [4.69, 9.17) is 15.2 Å². The quantitative estimate of drug-likeness (QED) is 0.717. The average molecular weight is 251 g/mol. The Bertz CT molecular complexity index is 352. The summed E-state index contributed by atoms with van der Waals surface area (Å²) in [5, 5.41) is 0. The van der Waals surface area contributed by atoms with Crippen LogP contribution in [0, 0.1) is 0 Å². The van der Waals surface area contributed by atoms with E-state index >= 15 is 0 Å². The summed E-state index contributed by atoms with van der Waals surface area (Å²) in [6.45, 7) is 2.21. The van der Waals surface area contributed by atoms with Gasteiger partial charge in [-0.05, 0) is 24.6 Å². The molecule has 0 saturated carbocycles. The normalized spacial score (nSPS) is 12.2. The highest BCUT2D eigenvalue weighted by molar-refractivity contribution is 5.42. The van der Waals surface area contributed by atoms with Crippen LogP contribution >= 0.6 is 0 Å². The van der Waals surface area contributed by atoms with Crippen LogP contribution in [-0.4, -0.2) is 14.2 Å². The molecule has 0 heterocycles. The first-order valence-electron chi connectivity index (χ1n) is 6.70. The molecular weight excluding hydrogens is 226 g/mol. The highest BCUT2D eigenvalue weighted by Gasteiger charge is 2.12. The van der Waals surface area contributed by atoms with E-state index < -0.39 is 0 Å². The number of rotatable bonds is 8. The third-order valence-electron chi connectivity index (χ3n) is 3.21. The number of hydrogen-bond donors (Lipinski definition) is 1. The van der Waals surface area contributed by atoms with E-state index in [2.05, 4.69) is 6.92 Å². The van der Waals surface area contributed by atoms with E-state index in [1.165, 1.54) is 19.3 Å². The molecule has 0 bridgehead atoms. The third-order valence-corrected chi connectivity index (χ3v) is 3.21. The zero-order chi connectivity index (χ0) is 13.4. The molecule has 0 aromatic heterocycles. The van der Waals surface area contributed by atoms with Gasteiger partial charge in [-0.3, -0.25) is 0 Å². The molecule has 1 atom stereocenters. The summed E-state index contributed by atoms with van der Waals surface area (Å²) in [6, 6.07) is 5.81. The number of nitrogens with two attached hydrogens (primary N) is 1. The number of benzene rings is 1. The molecule has 0 aliphatic rings. The molecule has 0 aliphatic heterocycles. The summed E-state index contributed by atoms with van der Waals surface area (Å²) < 4.78 is 10.6. The lowest BCUT2D eigenvalue weighted by Crippen LogP contribution is -2.11. The van der Waals surface area contributed by atoms with Crippen LogP contribution in [0.5, 0.6) is 11.5 Å². The molecule has 0 spiro atoms. The lowest BCUT2D eigenvalue weighted by Gasteiger charge is -2.16. The fourth-order valence-corrected chi connectivity index (χ4v) is 2.08. The second-order valence-corrected chi connectivity index (χ2v) is 4.56. The molecule has 102 valence electrons. The van der Waals surface area contributed by atoms with Gasteiger partial charge in [-0.2, -0.15) is 0 Å². The molecule has 0 amide bonds. The van der Waals surface area contributed by atoms with Gasteiger partial charge in [-0.1, -0.05) is 32.6 Å². The van der Waals surface area contributed by atoms with E-state index in [-0.39, 0.29) is 6.04 Å². The number of unbranched alkanes of at least 4 members (excludes halogenated alkanes) is 3. The van der Waals surface area contributed by atoms with Crippen molar-refractivity contribution in [3.8, 4) is 11.5 Å². The molecule has 0 fully saturated rings. The number of methoxy groups -OCH3 is 2. The summed E-state index contributed by atoms with van der Waals surface area (Å²) in [4.78, 5) is 0. The lowest BCUT2D eigenvalue weighted by molar-refractivity contribution is 0.393.